The molecule has 2 saturated heterocycles. The Morgan fingerprint density at radius 1 is 0.886 bits per heavy atom. The van der Waals surface area contributed by atoms with E-state index in [4.69, 9.17) is 4.74 Å². The van der Waals surface area contributed by atoms with Crippen LogP contribution in [0.2, 0.25) is 0 Å². The summed E-state index contributed by atoms with van der Waals surface area (Å²) in [6, 6.07) is 25.0. The molecule has 0 radical (unpaired) electrons. The van der Waals surface area contributed by atoms with E-state index >= 15 is 0 Å². The minimum atomic E-state index is 0.0208. The predicted molar refractivity (Wildman–Crippen MR) is 138 cm³/mol. The molecule has 2 aromatic carbocycles. The number of hydrogen-bond acceptors (Lipinski definition) is 4. The molecular weight excluding hydrogens is 434 g/mol. The van der Waals surface area contributed by atoms with Gasteiger partial charge in [-0.25, -0.2) is 0 Å². The van der Waals surface area contributed by atoms with Crippen molar-refractivity contribution in [3.8, 4) is 5.75 Å². The maximum Gasteiger partial charge on any atom is 0.272 e. The molecule has 0 aliphatic carbocycles. The minimum Gasteiger partial charge on any atom is -0.493 e. The highest BCUT2D eigenvalue weighted by Gasteiger charge is 2.25. The summed E-state index contributed by atoms with van der Waals surface area (Å²) < 4.78 is 6.12. The second-order valence-electron chi connectivity index (χ2n) is 9.89. The second kappa shape index (κ2) is 11.5. The van der Waals surface area contributed by atoms with Crippen molar-refractivity contribution in [3.63, 3.8) is 0 Å². The highest BCUT2D eigenvalue weighted by atomic mass is 16.5. The molecule has 5 rings (SSSR count). The van der Waals surface area contributed by atoms with E-state index in [-0.39, 0.29) is 5.91 Å². The van der Waals surface area contributed by atoms with E-state index in [9.17, 15) is 4.79 Å². The first-order chi connectivity index (χ1) is 17.2. The van der Waals surface area contributed by atoms with Gasteiger partial charge >= 0.3 is 0 Å². The maximum absolute atomic E-state index is 12.7. The molecule has 0 saturated carbocycles. The van der Waals surface area contributed by atoms with Crippen molar-refractivity contribution in [3.05, 3.63) is 95.8 Å². The first kappa shape index (κ1) is 23.6. The summed E-state index contributed by atoms with van der Waals surface area (Å²) in [5, 5.41) is 0. The van der Waals surface area contributed by atoms with Gasteiger partial charge in [-0.05, 0) is 80.1 Å². The van der Waals surface area contributed by atoms with Crippen molar-refractivity contribution >= 4 is 5.91 Å². The Morgan fingerprint density at radius 3 is 2.40 bits per heavy atom. The molecule has 3 heterocycles. The molecule has 0 bridgehead atoms. The first-order valence-corrected chi connectivity index (χ1v) is 12.9. The third kappa shape index (κ3) is 6.29. The number of piperidine rings is 2. The van der Waals surface area contributed by atoms with E-state index in [0.29, 0.717) is 24.1 Å². The van der Waals surface area contributed by atoms with E-state index in [1.165, 1.54) is 24.0 Å². The molecule has 2 aliphatic heterocycles. The van der Waals surface area contributed by atoms with Crippen molar-refractivity contribution in [2.45, 2.75) is 38.1 Å². The monoisotopic (exact) mass is 469 g/mol. The summed E-state index contributed by atoms with van der Waals surface area (Å²) in [6.45, 7) is 5.45. The Balaban J connectivity index is 1.06. The summed E-state index contributed by atoms with van der Waals surface area (Å²) in [7, 11) is 0. The number of pyridine rings is 1. The largest absolute Gasteiger partial charge is 0.493 e. The maximum atomic E-state index is 12.7. The lowest BCUT2D eigenvalue weighted by molar-refractivity contribution is 0.0627. The fraction of sp³-hybridized carbons (Fsp3) is 0.400. The van der Waals surface area contributed by atoms with E-state index in [1.807, 2.05) is 17.0 Å². The van der Waals surface area contributed by atoms with Crippen LogP contribution in [0.25, 0.3) is 0 Å². The molecule has 1 atom stereocenters. The highest BCUT2D eigenvalue weighted by Crippen LogP contribution is 2.28. The summed E-state index contributed by atoms with van der Waals surface area (Å²) in [4.78, 5) is 21.4. The molecule has 1 unspecified atom stereocenters. The van der Waals surface area contributed by atoms with Crippen LogP contribution in [0, 0.1) is 5.92 Å². The van der Waals surface area contributed by atoms with Gasteiger partial charge in [-0.15, -0.1) is 0 Å². The standard InChI is InChI=1S/C30H35N3O2/c34-30(29-10-4-5-17-31-29)33-18-6-7-25(22-33)23-35-28-13-11-24(12-14-28)21-32-19-15-27(16-20-32)26-8-2-1-3-9-26/h1-5,8-14,17,25,27H,6-7,15-16,18-23H2. The fourth-order valence-electron chi connectivity index (χ4n) is 5.35. The van der Waals surface area contributed by atoms with Crippen LogP contribution in [0.1, 0.15) is 53.2 Å². The molecule has 0 N–H and O–H groups in total. The van der Waals surface area contributed by atoms with Gasteiger partial charge in [-0.2, -0.15) is 0 Å². The Morgan fingerprint density at radius 2 is 1.66 bits per heavy atom. The Labute approximate surface area is 208 Å². The number of nitrogens with zero attached hydrogens (tertiary/aromatic N) is 3. The van der Waals surface area contributed by atoms with Gasteiger partial charge in [0.1, 0.15) is 11.4 Å². The molecule has 5 heteroatoms. The van der Waals surface area contributed by atoms with Gasteiger partial charge in [-0.3, -0.25) is 14.7 Å². The molecule has 2 fully saturated rings. The summed E-state index contributed by atoms with van der Waals surface area (Å²) in [6.07, 6.45) is 6.22. The molecule has 1 aromatic heterocycles. The number of carbonyl (C=O) groups excluding carboxylic acids is 1. The molecule has 1 amide bonds. The molecular formula is C30H35N3O2. The number of hydrogen-bond donors (Lipinski definition) is 0. The molecule has 5 nitrogen and oxygen atoms in total. The lowest BCUT2D eigenvalue weighted by Gasteiger charge is -2.32. The number of benzene rings is 2. The van der Waals surface area contributed by atoms with Crippen LogP contribution in [-0.4, -0.2) is 53.5 Å². The zero-order valence-corrected chi connectivity index (χ0v) is 20.4. The topological polar surface area (TPSA) is 45.7 Å². The minimum absolute atomic E-state index is 0.0208. The van der Waals surface area contributed by atoms with Crippen LogP contribution < -0.4 is 4.74 Å². The average molecular weight is 470 g/mol. The fourth-order valence-corrected chi connectivity index (χ4v) is 5.35. The van der Waals surface area contributed by atoms with Crippen LogP contribution in [0.5, 0.6) is 5.75 Å². The van der Waals surface area contributed by atoms with Crippen LogP contribution in [0.15, 0.2) is 79.0 Å². The normalized spacial score (nSPS) is 19.4. The number of amides is 1. The quantitative estimate of drug-likeness (QED) is 0.465. The smallest absolute Gasteiger partial charge is 0.272 e. The molecule has 0 spiro atoms. The number of aromatic nitrogens is 1. The second-order valence-corrected chi connectivity index (χ2v) is 9.89. The van der Waals surface area contributed by atoms with Gasteiger partial charge in [0.25, 0.3) is 5.91 Å². The molecule has 2 aliphatic rings. The number of rotatable bonds is 7. The lowest BCUT2D eigenvalue weighted by atomic mass is 9.89. The average Bonchev–Trinajstić information content (AvgIpc) is 2.94. The van der Waals surface area contributed by atoms with Crippen LogP contribution in [-0.2, 0) is 6.54 Å². The van der Waals surface area contributed by atoms with Crippen molar-refractivity contribution in [1.82, 2.24) is 14.8 Å². The van der Waals surface area contributed by atoms with E-state index in [0.717, 1.165) is 51.3 Å². The molecule has 182 valence electrons. The van der Waals surface area contributed by atoms with Crippen LogP contribution >= 0.6 is 0 Å². The lowest BCUT2D eigenvalue weighted by Crippen LogP contribution is -2.41. The summed E-state index contributed by atoms with van der Waals surface area (Å²) >= 11 is 0. The third-order valence-corrected chi connectivity index (χ3v) is 7.36. The van der Waals surface area contributed by atoms with Crippen molar-refractivity contribution in [2.75, 3.05) is 32.8 Å². The van der Waals surface area contributed by atoms with Gasteiger partial charge in [0.15, 0.2) is 0 Å². The molecule has 3 aromatic rings. The predicted octanol–water partition coefficient (Wildman–Crippen LogP) is 5.39. The Hall–Kier alpha value is -3.18. The van der Waals surface area contributed by atoms with Crippen molar-refractivity contribution in [2.24, 2.45) is 5.92 Å². The van der Waals surface area contributed by atoms with E-state index in [2.05, 4.69) is 64.5 Å². The highest BCUT2D eigenvalue weighted by molar-refractivity contribution is 5.92. The molecule has 35 heavy (non-hydrogen) atoms. The van der Waals surface area contributed by atoms with Crippen LogP contribution in [0.3, 0.4) is 0 Å². The van der Waals surface area contributed by atoms with Crippen molar-refractivity contribution in [1.29, 1.82) is 0 Å². The first-order valence-electron chi connectivity index (χ1n) is 12.9. The Bertz CT molecular complexity index is 1060. The number of likely N-dealkylation sites (tertiary alicyclic amines) is 2. The Kier molecular flexibility index (Phi) is 7.74. The van der Waals surface area contributed by atoms with Gasteiger partial charge in [0.05, 0.1) is 6.61 Å². The van der Waals surface area contributed by atoms with E-state index < -0.39 is 0 Å². The zero-order valence-electron chi connectivity index (χ0n) is 20.4. The zero-order chi connectivity index (χ0) is 23.9. The van der Waals surface area contributed by atoms with Gasteiger partial charge in [0, 0.05) is 31.7 Å². The van der Waals surface area contributed by atoms with Gasteiger partial charge < -0.3 is 9.64 Å². The van der Waals surface area contributed by atoms with Gasteiger partial charge in [-0.1, -0.05) is 48.5 Å². The van der Waals surface area contributed by atoms with E-state index in [1.54, 1.807) is 12.3 Å². The van der Waals surface area contributed by atoms with Crippen molar-refractivity contribution < 1.29 is 9.53 Å². The SMILES string of the molecule is O=C(c1ccccn1)N1CCCC(COc2ccc(CN3CCC(c4ccccc4)CC3)cc2)C1. The number of ether oxygens (including phenoxy) is 1. The summed E-state index contributed by atoms with van der Waals surface area (Å²) in [5.74, 6) is 1.97. The van der Waals surface area contributed by atoms with Gasteiger partial charge in [0.2, 0.25) is 0 Å². The summed E-state index contributed by atoms with van der Waals surface area (Å²) in [5.41, 5.74) is 3.34. The van der Waals surface area contributed by atoms with Crippen LogP contribution in [0.4, 0.5) is 0 Å². The number of carbonyl (C=O) groups is 1. The third-order valence-electron chi connectivity index (χ3n) is 7.36.